The van der Waals surface area contributed by atoms with Crippen molar-refractivity contribution < 1.29 is 19.1 Å². The highest BCUT2D eigenvalue weighted by Gasteiger charge is 2.14. The summed E-state index contributed by atoms with van der Waals surface area (Å²) in [6, 6.07) is 5.71. The molecule has 0 atom stereocenters. The van der Waals surface area contributed by atoms with E-state index < -0.39 is 11.9 Å². The monoisotopic (exact) mass is 235 g/mol. The van der Waals surface area contributed by atoms with E-state index in [2.05, 4.69) is 10.1 Å². The van der Waals surface area contributed by atoms with Gasteiger partial charge in [-0.1, -0.05) is 12.1 Å². The third-order valence-corrected chi connectivity index (χ3v) is 2.58. The molecule has 0 saturated heterocycles. The molecular weight excluding hydrogens is 222 g/mol. The minimum atomic E-state index is -0.880. The first-order valence-corrected chi connectivity index (χ1v) is 5.31. The maximum Gasteiger partial charge on any atom is 0.396 e. The number of nitrogens with one attached hydrogen (secondary N) is 1. The van der Waals surface area contributed by atoms with Gasteiger partial charge >= 0.3 is 11.9 Å². The van der Waals surface area contributed by atoms with Crippen molar-refractivity contribution in [2.45, 2.75) is 13.0 Å². The van der Waals surface area contributed by atoms with Crippen molar-refractivity contribution in [3.63, 3.8) is 0 Å². The van der Waals surface area contributed by atoms with Gasteiger partial charge in [0.05, 0.1) is 13.7 Å². The van der Waals surface area contributed by atoms with Crippen LogP contribution in [0.2, 0.25) is 0 Å². The smallest absolute Gasteiger partial charge is 0.396 e. The molecule has 1 heterocycles. The second-order valence-corrected chi connectivity index (χ2v) is 3.71. The lowest BCUT2D eigenvalue weighted by atomic mass is 10.1. The van der Waals surface area contributed by atoms with E-state index in [1.807, 2.05) is 18.2 Å². The zero-order chi connectivity index (χ0) is 12.3. The number of fused-ring (bicyclic) bond motifs is 1. The normalized spacial score (nSPS) is 12.5. The van der Waals surface area contributed by atoms with E-state index in [-0.39, 0.29) is 0 Å². The fourth-order valence-electron chi connectivity index (χ4n) is 1.70. The van der Waals surface area contributed by atoms with Crippen LogP contribution >= 0.6 is 0 Å². The van der Waals surface area contributed by atoms with Crippen LogP contribution in [0.1, 0.15) is 11.1 Å². The molecule has 0 unspecified atom stereocenters. The molecule has 1 amide bonds. The number of carbonyl (C=O) groups is 2. The number of esters is 1. The van der Waals surface area contributed by atoms with Crippen molar-refractivity contribution in [2.75, 3.05) is 13.7 Å². The minimum absolute atomic E-state index is 0.307. The van der Waals surface area contributed by atoms with Gasteiger partial charge in [0.25, 0.3) is 0 Å². The molecule has 0 spiro atoms. The highest BCUT2D eigenvalue weighted by molar-refractivity contribution is 6.32. The molecule has 0 aliphatic carbocycles. The summed E-state index contributed by atoms with van der Waals surface area (Å²) in [6.45, 7) is 1.01. The van der Waals surface area contributed by atoms with Crippen LogP contribution < -0.4 is 10.1 Å². The van der Waals surface area contributed by atoms with Gasteiger partial charge in [-0.05, 0) is 17.2 Å². The Labute approximate surface area is 98.7 Å². The van der Waals surface area contributed by atoms with Gasteiger partial charge in [-0.15, -0.1) is 0 Å². The first-order valence-electron chi connectivity index (χ1n) is 5.31. The molecule has 17 heavy (non-hydrogen) atoms. The topological polar surface area (TPSA) is 64.6 Å². The first kappa shape index (κ1) is 11.4. The van der Waals surface area contributed by atoms with Gasteiger partial charge in [0.1, 0.15) is 5.75 Å². The Morgan fingerprint density at radius 3 is 3.06 bits per heavy atom. The van der Waals surface area contributed by atoms with Crippen LogP contribution in [0.3, 0.4) is 0 Å². The van der Waals surface area contributed by atoms with Crippen molar-refractivity contribution in [1.82, 2.24) is 5.32 Å². The number of benzene rings is 1. The molecule has 0 aromatic heterocycles. The summed E-state index contributed by atoms with van der Waals surface area (Å²) in [5.74, 6) is -0.716. The van der Waals surface area contributed by atoms with Crippen LogP contribution in [0.5, 0.6) is 5.75 Å². The van der Waals surface area contributed by atoms with E-state index in [1.54, 1.807) is 0 Å². The number of carbonyl (C=O) groups excluding carboxylic acids is 2. The largest absolute Gasteiger partial charge is 0.493 e. The third kappa shape index (κ3) is 2.55. The van der Waals surface area contributed by atoms with Crippen LogP contribution in [-0.2, 0) is 27.3 Å². The van der Waals surface area contributed by atoms with Crippen molar-refractivity contribution in [2.24, 2.45) is 0 Å². The predicted octanol–water partition coefficient (Wildman–Crippen LogP) is 0.411. The maximum atomic E-state index is 11.2. The lowest BCUT2D eigenvalue weighted by Crippen LogP contribution is -2.31. The van der Waals surface area contributed by atoms with Crippen LogP contribution in [0.4, 0.5) is 0 Å². The first-order chi connectivity index (χ1) is 8.20. The second kappa shape index (κ2) is 4.86. The van der Waals surface area contributed by atoms with Crippen LogP contribution in [0.15, 0.2) is 18.2 Å². The van der Waals surface area contributed by atoms with E-state index in [9.17, 15) is 9.59 Å². The van der Waals surface area contributed by atoms with Crippen LogP contribution in [0, 0.1) is 0 Å². The predicted molar refractivity (Wildman–Crippen MR) is 59.5 cm³/mol. The summed E-state index contributed by atoms with van der Waals surface area (Å²) >= 11 is 0. The average Bonchev–Trinajstić information content (AvgIpc) is 2.82. The zero-order valence-electron chi connectivity index (χ0n) is 9.49. The van der Waals surface area contributed by atoms with Crippen molar-refractivity contribution >= 4 is 11.9 Å². The molecular formula is C12H13NO4. The van der Waals surface area contributed by atoms with Crippen molar-refractivity contribution in [3.05, 3.63) is 29.3 Å². The van der Waals surface area contributed by atoms with E-state index in [4.69, 9.17) is 4.74 Å². The Bertz CT molecular complexity index is 456. The fourth-order valence-corrected chi connectivity index (χ4v) is 1.70. The molecule has 1 aliphatic rings. The Balaban J connectivity index is 1.96. The minimum Gasteiger partial charge on any atom is -0.493 e. The fraction of sp³-hybridized carbons (Fsp3) is 0.333. The van der Waals surface area contributed by atoms with Gasteiger partial charge in [-0.25, -0.2) is 4.79 Å². The van der Waals surface area contributed by atoms with Gasteiger partial charge in [-0.2, -0.15) is 0 Å². The maximum absolute atomic E-state index is 11.2. The molecule has 1 aromatic carbocycles. The third-order valence-electron chi connectivity index (χ3n) is 2.58. The lowest BCUT2D eigenvalue weighted by molar-refractivity contribution is -0.152. The van der Waals surface area contributed by atoms with Gasteiger partial charge in [0.15, 0.2) is 0 Å². The molecule has 0 fully saturated rings. The number of hydrogen-bond acceptors (Lipinski definition) is 4. The molecule has 90 valence electrons. The quantitative estimate of drug-likeness (QED) is 0.595. The summed E-state index contributed by atoms with van der Waals surface area (Å²) in [7, 11) is 1.18. The summed E-state index contributed by atoms with van der Waals surface area (Å²) in [6.07, 6.45) is 0.883. The number of ether oxygens (including phenoxy) is 2. The summed E-state index contributed by atoms with van der Waals surface area (Å²) < 4.78 is 9.68. The standard InChI is InChI=1S/C12H13NO4/c1-16-12(15)11(14)13-7-8-2-3-10-9(6-8)4-5-17-10/h2-3,6H,4-5,7H2,1H3,(H,13,14). The Morgan fingerprint density at radius 1 is 1.47 bits per heavy atom. The zero-order valence-corrected chi connectivity index (χ0v) is 9.49. The summed E-state index contributed by atoms with van der Waals surface area (Å²) in [5.41, 5.74) is 2.07. The Kier molecular flexibility index (Phi) is 3.27. The van der Waals surface area contributed by atoms with Crippen molar-refractivity contribution in [3.8, 4) is 5.75 Å². The van der Waals surface area contributed by atoms with Crippen LogP contribution in [0.25, 0.3) is 0 Å². The summed E-state index contributed by atoms with van der Waals surface area (Å²) in [4.78, 5) is 22.0. The van der Waals surface area contributed by atoms with Crippen LogP contribution in [-0.4, -0.2) is 25.6 Å². The van der Waals surface area contributed by atoms with E-state index in [0.29, 0.717) is 13.2 Å². The number of rotatable bonds is 2. The molecule has 0 radical (unpaired) electrons. The summed E-state index contributed by atoms with van der Waals surface area (Å²) in [5, 5.41) is 2.49. The molecule has 1 N–H and O–H groups in total. The van der Waals surface area contributed by atoms with Gasteiger partial charge < -0.3 is 14.8 Å². The second-order valence-electron chi connectivity index (χ2n) is 3.71. The molecule has 5 heteroatoms. The average molecular weight is 235 g/mol. The number of hydrogen-bond donors (Lipinski definition) is 1. The van der Waals surface area contributed by atoms with Gasteiger partial charge in [-0.3, -0.25) is 4.79 Å². The Morgan fingerprint density at radius 2 is 2.29 bits per heavy atom. The number of amides is 1. The Hall–Kier alpha value is -2.04. The van der Waals surface area contributed by atoms with E-state index >= 15 is 0 Å². The molecule has 5 nitrogen and oxygen atoms in total. The van der Waals surface area contributed by atoms with Crippen molar-refractivity contribution in [1.29, 1.82) is 0 Å². The van der Waals surface area contributed by atoms with E-state index in [0.717, 1.165) is 23.3 Å². The molecule has 1 aliphatic heterocycles. The molecule has 2 rings (SSSR count). The SMILES string of the molecule is COC(=O)C(=O)NCc1ccc2c(c1)CCO2. The lowest BCUT2D eigenvalue weighted by Gasteiger charge is -2.05. The highest BCUT2D eigenvalue weighted by Crippen LogP contribution is 2.25. The van der Waals surface area contributed by atoms with E-state index in [1.165, 1.54) is 7.11 Å². The molecule has 0 bridgehead atoms. The molecule has 0 saturated carbocycles. The van der Waals surface area contributed by atoms with Gasteiger partial charge in [0, 0.05) is 13.0 Å². The highest BCUT2D eigenvalue weighted by atomic mass is 16.5. The molecule has 1 aromatic rings. The van der Waals surface area contributed by atoms with Gasteiger partial charge in [0.2, 0.25) is 0 Å². The number of methoxy groups -OCH3 is 1.